The summed E-state index contributed by atoms with van der Waals surface area (Å²) in [6.07, 6.45) is -7.03. The van der Waals surface area contributed by atoms with E-state index >= 15 is 0 Å². The Kier molecular flexibility index (Phi) is 9.81. The molecule has 15 heteroatoms. The molecule has 0 saturated carbocycles. The Morgan fingerprint density at radius 2 is 1.56 bits per heavy atom. The third kappa shape index (κ3) is 8.30. The average Bonchev–Trinajstić information content (AvgIpc) is 3.35. The zero-order valence-electron chi connectivity index (χ0n) is 23.7. The lowest BCUT2D eigenvalue weighted by Crippen LogP contribution is -2.55. The molecule has 2 N–H and O–H groups in total. The highest BCUT2D eigenvalue weighted by Crippen LogP contribution is 2.37. The van der Waals surface area contributed by atoms with Crippen LogP contribution in [0, 0.1) is 0 Å². The van der Waals surface area contributed by atoms with E-state index in [-0.39, 0.29) is 25.0 Å². The number of aromatic amines is 1. The maximum absolute atomic E-state index is 13.7. The summed E-state index contributed by atoms with van der Waals surface area (Å²) in [5.74, 6) is -0.915. The summed E-state index contributed by atoms with van der Waals surface area (Å²) in [6, 6.07) is 14.6. The molecule has 1 atom stereocenters. The van der Waals surface area contributed by atoms with Gasteiger partial charge in [-0.25, -0.2) is 8.42 Å². The van der Waals surface area contributed by atoms with E-state index in [1.54, 1.807) is 30.5 Å². The van der Waals surface area contributed by atoms with Crippen LogP contribution < -0.4 is 4.72 Å². The summed E-state index contributed by atoms with van der Waals surface area (Å²) in [4.78, 5) is 20.2. The van der Waals surface area contributed by atoms with Crippen LogP contribution in [0.5, 0.6) is 0 Å². The topological polar surface area (TPSA) is 85.5 Å². The molecule has 0 radical (unpaired) electrons. The largest absolute Gasteiger partial charge is 0.416 e. The molecule has 1 amide bonds. The number of piperazine rings is 1. The van der Waals surface area contributed by atoms with Crippen LogP contribution in [-0.2, 0) is 35.3 Å². The van der Waals surface area contributed by atoms with E-state index in [9.17, 15) is 39.6 Å². The predicted octanol–water partition coefficient (Wildman–Crippen LogP) is 6.57. The number of sulfonamides is 1. The van der Waals surface area contributed by atoms with Crippen molar-refractivity contribution in [3.63, 3.8) is 0 Å². The Labute approximate surface area is 261 Å². The highest BCUT2D eigenvalue weighted by atomic mass is 35.5. The lowest BCUT2D eigenvalue weighted by molar-refractivity contribution is -0.143. The van der Waals surface area contributed by atoms with E-state index in [4.69, 9.17) is 0 Å². The number of carbonyl (C=O) groups is 1. The van der Waals surface area contributed by atoms with Crippen LogP contribution in [0.3, 0.4) is 0 Å². The third-order valence-corrected chi connectivity index (χ3v) is 8.06. The average molecular weight is 675 g/mol. The fraction of sp³-hybridized carbons (Fsp3) is 0.300. The molecule has 1 saturated heterocycles. The minimum absolute atomic E-state index is 0. The number of hydrogen-bond donors (Lipinski definition) is 2. The van der Waals surface area contributed by atoms with E-state index < -0.39 is 51.0 Å². The van der Waals surface area contributed by atoms with Crippen LogP contribution in [-0.4, -0.2) is 61.0 Å². The number of alkyl halides is 6. The zero-order valence-corrected chi connectivity index (χ0v) is 25.4. The van der Waals surface area contributed by atoms with Crippen molar-refractivity contribution in [2.24, 2.45) is 0 Å². The van der Waals surface area contributed by atoms with Crippen LogP contribution in [0.4, 0.5) is 32.0 Å². The SMILES string of the molecule is CS(=O)(=O)Nc1ccc(CN2CCN(C(=O)c3cc(C(F)(F)F)cc(C(F)(F)F)c3)C(Cc3c[nH]c4ccccc34)C2)cc1.Cl. The maximum atomic E-state index is 13.7. The molecule has 4 aromatic rings. The van der Waals surface area contributed by atoms with Gasteiger partial charge >= 0.3 is 12.4 Å². The molecule has 1 aromatic heterocycles. The lowest BCUT2D eigenvalue weighted by atomic mass is 9.98. The number of nitrogens with one attached hydrogen (secondary N) is 2. The fourth-order valence-corrected chi connectivity index (χ4v) is 6.02. The number of aromatic nitrogens is 1. The molecule has 7 nitrogen and oxygen atoms in total. The number of rotatable bonds is 7. The number of nitrogens with zero attached hydrogens (tertiary/aromatic N) is 2. The number of hydrogen-bond acceptors (Lipinski definition) is 4. The number of anilines is 1. The Morgan fingerprint density at radius 1 is 0.933 bits per heavy atom. The van der Waals surface area contributed by atoms with Gasteiger partial charge < -0.3 is 9.88 Å². The molecule has 0 aliphatic carbocycles. The smallest absolute Gasteiger partial charge is 0.361 e. The van der Waals surface area contributed by atoms with Crippen molar-refractivity contribution in [3.8, 4) is 0 Å². The van der Waals surface area contributed by atoms with Gasteiger partial charge in [-0.2, -0.15) is 26.3 Å². The Hall–Kier alpha value is -3.75. The second kappa shape index (κ2) is 12.9. The second-order valence-corrected chi connectivity index (χ2v) is 12.6. The van der Waals surface area contributed by atoms with Crippen molar-refractivity contribution in [1.82, 2.24) is 14.8 Å². The summed E-state index contributed by atoms with van der Waals surface area (Å²) in [5.41, 5.74) is -0.832. The highest BCUT2D eigenvalue weighted by Gasteiger charge is 2.39. The number of H-pyrrole nitrogens is 1. The molecule has 2 heterocycles. The Bertz CT molecular complexity index is 1740. The second-order valence-electron chi connectivity index (χ2n) is 10.8. The van der Waals surface area contributed by atoms with Gasteiger partial charge in [0.05, 0.1) is 17.4 Å². The minimum Gasteiger partial charge on any atom is -0.361 e. The van der Waals surface area contributed by atoms with Crippen molar-refractivity contribution in [3.05, 3.63) is 101 Å². The molecule has 45 heavy (non-hydrogen) atoms. The molecule has 1 fully saturated rings. The molecule has 242 valence electrons. The summed E-state index contributed by atoms with van der Waals surface area (Å²) >= 11 is 0. The van der Waals surface area contributed by atoms with Crippen molar-refractivity contribution >= 4 is 44.9 Å². The van der Waals surface area contributed by atoms with Crippen molar-refractivity contribution in [1.29, 1.82) is 0 Å². The monoisotopic (exact) mass is 674 g/mol. The number of amides is 1. The van der Waals surface area contributed by atoms with E-state index in [2.05, 4.69) is 9.71 Å². The first-order valence-corrected chi connectivity index (χ1v) is 15.4. The summed E-state index contributed by atoms with van der Waals surface area (Å²) in [6.45, 7) is 1.09. The van der Waals surface area contributed by atoms with Crippen LogP contribution in [0.15, 0.2) is 72.9 Å². The van der Waals surface area contributed by atoms with Gasteiger partial charge in [0.2, 0.25) is 10.0 Å². The van der Waals surface area contributed by atoms with Gasteiger partial charge in [0.25, 0.3) is 5.91 Å². The molecular weight excluding hydrogens is 646 g/mol. The van der Waals surface area contributed by atoms with Crippen LogP contribution >= 0.6 is 12.4 Å². The molecule has 5 rings (SSSR count). The van der Waals surface area contributed by atoms with Gasteiger partial charge in [-0.3, -0.25) is 14.4 Å². The van der Waals surface area contributed by atoms with Crippen molar-refractivity contribution in [2.45, 2.75) is 31.4 Å². The van der Waals surface area contributed by atoms with Crippen LogP contribution in [0.25, 0.3) is 10.9 Å². The van der Waals surface area contributed by atoms with Crippen molar-refractivity contribution in [2.75, 3.05) is 30.6 Å². The standard InChI is InChI=1S/C30H28F6N4O3S.ClH/c1-44(42,43)38-24-8-6-19(7-9-24)17-39-10-11-40(25(18-39)14-21-16-37-27-5-3-2-4-26(21)27)28(41)20-12-22(29(31,32)33)15-23(13-20)30(34,35)36;/h2-9,12-13,15-16,25,37-38H,10-11,14,17-18H2,1H3;1H. The Balaban J connectivity index is 0.00000461. The highest BCUT2D eigenvalue weighted by molar-refractivity contribution is 7.92. The quantitative estimate of drug-likeness (QED) is 0.217. The molecule has 3 aromatic carbocycles. The van der Waals surface area contributed by atoms with E-state index in [0.717, 1.165) is 28.3 Å². The first-order chi connectivity index (χ1) is 20.6. The van der Waals surface area contributed by atoms with E-state index in [1.165, 1.54) is 4.90 Å². The molecule has 0 spiro atoms. The number of para-hydroxylation sites is 1. The number of benzene rings is 3. The molecular formula is C30H29ClF6N4O3S. The summed E-state index contributed by atoms with van der Waals surface area (Å²) in [5, 5.41) is 0.893. The summed E-state index contributed by atoms with van der Waals surface area (Å²) < 4.78 is 107. The predicted molar refractivity (Wildman–Crippen MR) is 161 cm³/mol. The minimum atomic E-state index is -5.08. The number of halogens is 7. The lowest BCUT2D eigenvalue weighted by Gasteiger charge is -2.42. The van der Waals surface area contributed by atoms with Gasteiger partial charge in [-0.1, -0.05) is 30.3 Å². The van der Waals surface area contributed by atoms with Gasteiger partial charge in [0.15, 0.2) is 0 Å². The number of fused-ring (bicyclic) bond motifs is 1. The molecule has 1 unspecified atom stereocenters. The van der Waals surface area contributed by atoms with Crippen LogP contribution in [0.1, 0.15) is 32.6 Å². The fourth-order valence-electron chi connectivity index (χ4n) is 5.45. The van der Waals surface area contributed by atoms with Crippen LogP contribution in [0.2, 0.25) is 0 Å². The molecule has 1 aliphatic rings. The first-order valence-electron chi connectivity index (χ1n) is 13.5. The van der Waals surface area contributed by atoms with Gasteiger partial charge in [-0.15, -0.1) is 12.4 Å². The summed E-state index contributed by atoms with van der Waals surface area (Å²) in [7, 11) is -3.45. The third-order valence-electron chi connectivity index (χ3n) is 7.46. The van der Waals surface area contributed by atoms with Gasteiger partial charge in [0.1, 0.15) is 0 Å². The normalized spacial score (nSPS) is 16.4. The van der Waals surface area contributed by atoms with Gasteiger partial charge in [0, 0.05) is 60.6 Å². The first kappa shape index (κ1) is 34.1. The number of carbonyl (C=O) groups excluding carboxylic acids is 1. The van der Waals surface area contributed by atoms with Crippen molar-refractivity contribution < 1.29 is 39.6 Å². The van der Waals surface area contributed by atoms with Gasteiger partial charge in [-0.05, 0) is 53.9 Å². The maximum Gasteiger partial charge on any atom is 0.416 e. The zero-order chi connectivity index (χ0) is 31.9. The van der Waals surface area contributed by atoms with E-state index in [1.807, 2.05) is 29.2 Å². The molecule has 0 bridgehead atoms. The van der Waals surface area contributed by atoms with E-state index in [0.29, 0.717) is 43.9 Å². The molecule has 1 aliphatic heterocycles. The Morgan fingerprint density at radius 3 is 2.16 bits per heavy atom.